The van der Waals surface area contributed by atoms with Crippen LogP contribution in [0.3, 0.4) is 0 Å². The molecule has 3 rings (SSSR count). The van der Waals surface area contributed by atoms with Crippen molar-refractivity contribution in [2.75, 3.05) is 0 Å². The molecule has 0 amide bonds. The summed E-state index contributed by atoms with van der Waals surface area (Å²) in [6.45, 7) is 0. The molecule has 0 unspecified atom stereocenters. The number of benzene rings is 1. The molecule has 0 aliphatic rings. The molecule has 0 fully saturated rings. The first-order chi connectivity index (χ1) is 7.25. The van der Waals surface area contributed by atoms with Crippen LogP contribution in [0.25, 0.3) is 16.7 Å². The summed E-state index contributed by atoms with van der Waals surface area (Å²) in [5, 5.41) is 16.8. The van der Waals surface area contributed by atoms with Crippen LogP contribution in [0.1, 0.15) is 0 Å². The van der Waals surface area contributed by atoms with E-state index in [4.69, 9.17) is 0 Å². The Bertz CT molecular complexity index is 664. The van der Waals surface area contributed by atoms with E-state index in [1.165, 1.54) is 18.5 Å². The lowest BCUT2D eigenvalue weighted by Gasteiger charge is -2.01. The quantitative estimate of drug-likeness (QED) is 0.596. The lowest BCUT2D eigenvalue weighted by Crippen LogP contribution is -1.91. The van der Waals surface area contributed by atoms with Crippen molar-refractivity contribution >= 4 is 16.7 Å². The first-order valence-electron chi connectivity index (χ1n) is 4.24. The first kappa shape index (κ1) is 8.10. The SMILES string of the molecule is Oc1nc2cc(F)ccc2n2cnnc12. The number of halogens is 1. The van der Waals surface area contributed by atoms with E-state index in [0.717, 1.165) is 0 Å². The maximum Gasteiger partial charge on any atom is 0.258 e. The molecule has 0 saturated heterocycles. The van der Waals surface area contributed by atoms with Gasteiger partial charge in [-0.05, 0) is 12.1 Å². The van der Waals surface area contributed by atoms with Crippen molar-refractivity contribution in [3.8, 4) is 5.88 Å². The van der Waals surface area contributed by atoms with Gasteiger partial charge in [0, 0.05) is 6.07 Å². The molecule has 0 aliphatic carbocycles. The molecule has 0 bridgehead atoms. The van der Waals surface area contributed by atoms with Crippen molar-refractivity contribution in [3.05, 3.63) is 30.3 Å². The van der Waals surface area contributed by atoms with Gasteiger partial charge in [-0.2, -0.15) is 0 Å². The highest BCUT2D eigenvalue weighted by Gasteiger charge is 2.09. The van der Waals surface area contributed by atoms with Gasteiger partial charge < -0.3 is 5.11 Å². The Balaban J connectivity index is 2.60. The second-order valence-corrected chi connectivity index (χ2v) is 3.09. The van der Waals surface area contributed by atoms with Crippen molar-refractivity contribution in [1.29, 1.82) is 0 Å². The Labute approximate surface area is 82.8 Å². The smallest absolute Gasteiger partial charge is 0.258 e. The van der Waals surface area contributed by atoms with Crippen molar-refractivity contribution < 1.29 is 9.50 Å². The Morgan fingerprint density at radius 1 is 1.33 bits per heavy atom. The summed E-state index contributed by atoms with van der Waals surface area (Å²) in [6.07, 6.45) is 1.44. The van der Waals surface area contributed by atoms with E-state index in [-0.39, 0.29) is 11.5 Å². The van der Waals surface area contributed by atoms with E-state index in [1.54, 1.807) is 10.5 Å². The maximum atomic E-state index is 12.9. The maximum absolute atomic E-state index is 12.9. The topological polar surface area (TPSA) is 63.3 Å². The highest BCUT2D eigenvalue weighted by Crippen LogP contribution is 2.20. The van der Waals surface area contributed by atoms with Gasteiger partial charge in [0.25, 0.3) is 5.88 Å². The van der Waals surface area contributed by atoms with Crippen LogP contribution < -0.4 is 0 Å². The number of aromatic hydroxyl groups is 1. The highest BCUT2D eigenvalue weighted by molar-refractivity contribution is 5.79. The number of aromatic nitrogens is 4. The molecule has 0 saturated carbocycles. The largest absolute Gasteiger partial charge is 0.491 e. The monoisotopic (exact) mass is 204 g/mol. The fraction of sp³-hybridized carbons (Fsp3) is 0. The third-order valence-electron chi connectivity index (χ3n) is 2.17. The van der Waals surface area contributed by atoms with Gasteiger partial charge >= 0.3 is 0 Å². The Morgan fingerprint density at radius 3 is 3.07 bits per heavy atom. The third-order valence-corrected chi connectivity index (χ3v) is 2.17. The predicted octanol–water partition coefficient (Wildman–Crippen LogP) is 1.12. The second kappa shape index (κ2) is 2.63. The minimum absolute atomic E-state index is 0.258. The number of fused-ring (bicyclic) bond motifs is 3. The van der Waals surface area contributed by atoms with Gasteiger partial charge in [0.1, 0.15) is 12.1 Å². The molecule has 5 nitrogen and oxygen atoms in total. The number of hydrogen-bond donors (Lipinski definition) is 1. The summed E-state index contributed by atoms with van der Waals surface area (Å²) in [4.78, 5) is 3.83. The average molecular weight is 204 g/mol. The molecule has 2 aromatic heterocycles. The zero-order valence-corrected chi connectivity index (χ0v) is 7.42. The van der Waals surface area contributed by atoms with Gasteiger partial charge in [-0.1, -0.05) is 0 Å². The third kappa shape index (κ3) is 1.04. The summed E-state index contributed by atoms with van der Waals surface area (Å²) in [5.41, 5.74) is 1.27. The lowest BCUT2D eigenvalue weighted by atomic mass is 10.3. The number of nitrogens with zero attached hydrogens (tertiary/aromatic N) is 4. The molecule has 0 aliphatic heterocycles. The molecule has 1 aromatic carbocycles. The van der Waals surface area contributed by atoms with Crippen molar-refractivity contribution in [1.82, 2.24) is 19.6 Å². The fourth-order valence-corrected chi connectivity index (χ4v) is 1.52. The normalized spacial score (nSPS) is 11.3. The van der Waals surface area contributed by atoms with Crippen LogP contribution in [0.4, 0.5) is 4.39 Å². The summed E-state index contributed by atoms with van der Waals surface area (Å²) in [5.74, 6) is -0.660. The van der Waals surface area contributed by atoms with Crippen LogP contribution in [0.2, 0.25) is 0 Å². The van der Waals surface area contributed by atoms with Gasteiger partial charge in [-0.15, -0.1) is 10.2 Å². The molecule has 2 heterocycles. The zero-order valence-electron chi connectivity index (χ0n) is 7.42. The van der Waals surface area contributed by atoms with Gasteiger partial charge in [-0.25, -0.2) is 9.37 Å². The average Bonchev–Trinajstić information content (AvgIpc) is 2.66. The fourth-order valence-electron chi connectivity index (χ4n) is 1.52. The van der Waals surface area contributed by atoms with Gasteiger partial charge in [0.2, 0.25) is 5.65 Å². The molecule has 0 atom stereocenters. The van der Waals surface area contributed by atoms with Crippen molar-refractivity contribution in [2.45, 2.75) is 0 Å². The molecule has 1 N–H and O–H groups in total. The lowest BCUT2D eigenvalue weighted by molar-refractivity contribution is 0.458. The first-order valence-corrected chi connectivity index (χ1v) is 4.24. The summed E-state index contributed by atoms with van der Waals surface area (Å²) >= 11 is 0. The van der Waals surface area contributed by atoms with Crippen LogP contribution in [0.15, 0.2) is 24.5 Å². The molecular weight excluding hydrogens is 199 g/mol. The molecular formula is C9H5FN4O. The van der Waals surface area contributed by atoms with Crippen LogP contribution in [-0.4, -0.2) is 24.7 Å². The van der Waals surface area contributed by atoms with Crippen LogP contribution in [0, 0.1) is 5.82 Å². The zero-order chi connectivity index (χ0) is 10.4. The molecule has 15 heavy (non-hydrogen) atoms. The van der Waals surface area contributed by atoms with Crippen LogP contribution >= 0.6 is 0 Å². The van der Waals surface area contributed by atoms with E-state index >= 15 is 0 Å². The summed E-state index contributed by atoms with van der Waals surface area (Å²) < 4.78 is 14.5. The summed E-state index contributed by atoms with van der Waals surface area (Å²) in [7, 11) is 0. The Hall–Kier alpha value is -2.24. The van der Waals surface area contributed by atoms with E-state index in [1.807, 2.05) is 0 Å². The van der Waals surface area contributed by atoms with E-state index in [2.05, 4.69) is 15.2 Å². The minimum atomic E-state index is -0.401. The van der Waals surface area contributed by atoms with E-state index in [0.29, 0.717) is 11.0 Å². The molecule has 6 heteroatoms. The van der Waals surface area contributed by atoms with E-state index < -0.39 is 5.82 Å². The molecule has 0 radical (unpaired) electrons. The molecule has 0 spiro atoms. The van der Waals surface area contributed by atoms with Crippen LogP contribution in [-0.2, 0) is 0 Å². The van der Waals surface area contributed by atoms with Crippen molar-refractivity contribution in [2.24, 2.45) is 0 Å². The highest BCUT2D eigenvalue weighted by atomic mass is 19.1. The standard InChI is InChI=1S/C9H5FN4O/c10-5-1-2-7-6(3-5)12-9(15)8-13-11-4-14(7)8/h1-4H,(H,12,15). The minimum Gasteiger partial charge on any atom is -0.491 e. The summed E-state index contributed by atoms with van der Waals surface area (Å²) in [6, 6.07) is 4.13. The number of hydrogen-bond acceptors (Lipinski definition) is 4. The van der Waals surface area contributed by atoms with E-state index in [9.17, 15) is 9.50 Å². The Kier molecular flexibility index (Phi) is 1.42. The van der Waals surface area contributed by atoms with Gasteiger partial charge in [0.15, 0.2) is 0 Å². The number of rotatable bonds is 0. The molecule has 3 aromatic rings. The van der Waals surface area contributed by atoms with Gasteiger partial charge in [-0.3, -0.25) is 4.40 Å². The van der Waals surface area contributed by atoms with Gasteiger partial charge in [0.05, 0.1) is 11.0 Å². The second-order valence-electron chi connectivity index (χ2n) is 3.09. The van der Waals surface area contributed by atoms with Crippen molar-refractivity contribution in [3.63, 3.8) is 0 Å². The Morgan fingerprint density at radius 2 is 2.20 bits per heavy atom. The van der Waals surface area contributed by atoms with Crippen LogP contribution in [0.5, 0.6) is 5.88 Å². The molecule has 74 valence electrons. The predicted molar refractivity (Wildman–Crippen MR) is 49.9 cm³/mol.